The predicted molar refractivity (Wildman–Crippen MR) is 121 cm³/mol. The van der Waals surface area contributed by atoms with Crippen molar-refractivity contribution in [1.82, 2.24) is 9.97 Å². The van der Waals surface area contributed by atoms with Crippen molar-refractivity contribution in [1.29, 1.82) is 0 Å². The number of aryl methyl sites for hydroxylation is 2. The monoisotopic (exact) mass is 413 g/mol. The number of anilines is 1. The summed E-state index contributed by atoms with van der Waals surface area (Å²) in [6.07, 6.45) is 5.21. The van der Waals surface area contributed by atoms with E-state index < -0.39 is 0 Å². The first-order valence-corrected chi connectivity index (χ1v) is 9.93. The Bertz CT molecular complexity index is 1220. The fourth-order valence-corrected chi connectivity index (χ4v) is 3.56. The number of fused-ring (bicyclic) bond motifs is 1. The Balaban J connectivity index is 1.56. The topological polar surface area (TPSA) is 73.3 Å². The van der Waals surface area contributed by atoms with Gasteiger partial charge in [0.25, 0.3) is 5.91 Å². The van der Waals surface area contributed by atoms with Crippen LogP contribution in [0.25, 0.3) is 10.9 Å². The predicted octanol–water partition coefficient (Wildman–Crippen LogP) is 5.09. The molecule has 0 saturated heterocycles. The summed E-state index contributed by atoms with van der Waals surface area (Å²) in [4.78, 5) is 21.5. The quantitative estimate of drug-likeness (QED) is 0.477. The number of amides is 1. The molecular weight excluding hydrogens is 390 g/mol. The van der Waals surface area contributed by atoms with E-state index in [1.165, 1.54) is 0 Å². The van der Waals surface area contributed by atoms with Gasteiger partial charge in [0.15, 0.2) is 0 Å². The van der Waals surface area contributed by atoms with E-state index in [2.05, 4.69) is 15.3 Å². The van der Waals surface area contributed by atoms with Gasteiger partial charge < -0.3 is 14.8 Å². The van der Waals surface area contributed by atoms with Gasteiger partial charge in [-0.15, -0.1) is 0 Å². The molecule has 0 saturated carbocycles. The molecule has 0 aliphatic heterocycles. The number of hydrogen-bond donors (Lipinski definition) is 1. The lowest BCUT2D eigenvalue weighted by atomic mass is 10.0. The molecule has 2 heterocycles. The zero-order valence-electron chi connectivity index (χ0n) is 17.7. The van der Waals surface area contributed by atoms with E-state index in [-0.39, 0.29) is 5.91 Å². The zero-order valence-corrected chi connectivity index (χ0v) is 17.7. The SMILES string of the molecule is COc1ccc(NC(=O)c2cc(C)c(OCc3cccnc3)c(C)c2)c2cccnc12. The summed E-state index contributed by atoms with van der Waals surface area (Å²) in [6.45, 7) is 4.30. The fourth-order valence-electron chi connectivity index (χ4n) is 3.56. The third-order valence-corrected chi connectivity index (χ3v) is 5.03. The van der Waals surface area contributed by atoms with Crippen LogP contribution >= 0.6 is 0 Å². The van der Waals surface area contributed by atoms with Crippen LogP contribution in [0.1, 0.15) is 27.0 Å². The van der Waals surface area contributed by atoms with Crippen LogP contribution in [-0.2, 0) is 6.61 Å². The first-order chi connectivity index (χ1) is 15.1. The number of benzene rings is 2. The summed E-state index contributed by atoms with van der Waals surface area (Å²) in [5.41, 5.74) is 4.74. The Kier molecular flexibility index (Phi) is 5.80. The number of carbonyl (C=O) groups is 1. The molecular formula is C25H23N3O3. The fraction of sp³-hybridized carbons (Fsp3) is 0.160. The summed E-state index contributed by atoms with van der Waals surface area (Å²) < 4.78 is 11.4. The summed E-state index contributed by atoms with van der Waals surface area (Å²) in [5, 5.41) is 3.82. The van der Waals surface area contributed by atoms with E-state index in [4.69, 9.17) is 9.47 Å². The molecule has 156 valence electrons. The summed E-state index contributed by atoms with van der Waals surface area (Å²) in [7, 11) is 1.60. The van der Waals surface area contributed by atoms with Crippen LogP contribution in [0.15, 0.2) is 67.1 Å². The highest BCUT2D eigenvalue weighted by Gasteiger charge is 2.15. The summed E-state index contributed by atoms with van der Waals surface area (Å²) in [6, 6.07) is 14.9. The summed E-state index contributed by atoms with van der Waals surface area (Å²) >= 11 is 0. The molecule has 0 spiro atoms. The molecule has 0 bridgehead atoms. The van der Waals surface area contributed by atoms with Crippen molar-refractivity contribution >= 4 is 22.5 Å². The Morgan fingerprint density at radius 1 is 1.03 bits per heavy atom. The number of carbonyl (C=O) groups excluding carboxylic acids is 1. The molecule has 0 atom stereocenters. The number of nitrogens with one attached hydrogen (secondary N) is 1. The van der Waals surface area contributed by atoms with Gasteiger partial charge in [-0.3, -0.25) is 14.8 Å². The molecule has 2 aromatic heterocycles. The third-order valence-electron chi connectivity index (χ3n) is 5.03. The average Bonchev–Trinajstić information content (AvgIpc) is 2.79. The first kappa shape index (κ1) is 20.3. The molecule has 31 heavy (non-hydrogen) atoms. The first-order valence-electron chi connectivity index (χ1n) is 9.93. The third kappa shape index (κ3) is 4.33. The van der Waals surface area contributed by atoms with Crippen molar-refractivity contribution in [2.45, 2.75) is 20.5 Å². The largest absolute Gasteiger partial charge is 0.494 e. The Labute approximate surface area is 180 Å². The number of rotatable bonds is 6. The van der Waals surface area contributed by atoms with Crippen molar-refractivity contribution in [3.63, 3.8) is 0 Å². The molecule has 0 unspecified atom stereocenters. The van der Waals surface area contributed by atoms with Crippen LogP contribution in [0.2, 0.25) is 0 Å². The van der Waals surface area contributed by atoms with Crippen LogP contribution in [0.5, 0.6) is 11.5 Å². The van der Waals surface area contributed by atoms with Crippen LogP contribution < -0.4 is 14.8 Å². The molecule has 2 aromatic carbocycles. The number of pyridine rings is 2. The van der Waals surface area contributed by atoms with E-state index >= 15 is 0 Å². The van der Waals surface area contributed by atoms with Gasteiger partial charge in [0.05, 0.1) is 12.8 Å². The van der Waals surface area contributed by atoms with Crippen molar-refractivity contribution in [2.75, 3.05) is 12.4 Å². The number of nitrogens with zero attached hydrogens (tertiary/aromatic N) is 2. The Morgan fingerprint density at radius 2 is 1.81 bits per heavy atom. The van der Waals surface area contributed by atoms with E-state index in [1.54, 1.807) is 31.8 Å². The average molecular weight is 413 g/mol. The molecule has 0 radical (unpaired) electrons. The highest BCUT2D eigenvalue weighted by molar-refractivity contribution is 6.09. The second kappa shape index (κ2) is 8.83. The zero-order chi connectivity index (χ0) is 21.8. The molecule has 4 rings (SSSR count). The second-order valence-electron chi connectivity index (χ2n) is 7.26. The van der Waals surface area contributed by atoms with Gasteiger partial charge in [0.2, 0.25) is 0 Å². The van der Waals surface area contributed by atoms with Crippen molar-refractivity contribution in [3.8, 4) is 11.5 Å². The molecule has 4 aromatic rings. The molecule has 6 heteroatoms. The highest BCUT2D eigenvalue weighted by Crippen LogP contribution is 2.31. The molecule has 1 N–H and O–H groups in total. The number of methoxy groups -OCH3 is 1. The van der Waals surface area contributed by atoms with Crippen molar-refractivity contribution in [3.05, 3.63) is 89.4 Å². The molecule has 1 amide bonds. The minimum Gasteiger partial charge on any atom is -0.494 e. The normalized spacial score (nSPS) is 10.7. The number of ether oxygens (including phenoxy) is 2. The van der Waals surface area contributed by atoms with Crippen LogP contribution in [0.4, 0.5) is 5.69 Å². The lowest BCUT2D eigenvalue weighted by Crippen LogP contribution is -2.13. The molecule has 6 nitrogen and oxygen atoms in total. The minimum atomic E-state index is -0.194. The van der Waals surface area contributed by atoms with Crippen LogP contribution in [0.3, 0.4) is 0 Å². The maximum Gasteiger partial charge on any atom is 0.255 e. The van der Waals surface area contributed by atoms with Gasteiger partial charge in [-0.25, -0.2) is 0 Å². The highest BCUT2D eigenvalue weighted by atomic mass is 16.5. The standard InChI is InChI=1S/C25H23N3O3/c1-16-12-19(13-17(2)24(16)31-15-18-6-4-10-26-14-18)25(29)28-21-8-9-22(30-3)23-20(21)7-5-11-27-23/h4-14H,15H2,1-3H3,(H,28,29). The molecule has 0 aliphatic rings. The van der Waals surface area contributed by atoms with Gasteiger partial charge in [-0.05, 0) is 67.4 Å². The molecule has 0 aliphatic carbocycles. The van der Waals surface area contributed by atoms with Gasteiger partial charge in [-0.2, -0.15) is 0 Å². The lowest BCUT2D eigenvalue weighted by molar-refractivity contribution is 0.102. The number of hydrogen-bond acceptors (Lipinski definition) is 5. The van der Waals surface area contributed by atoms with E-state index in [9.17, 15) is 4.79 Å². The number of aromatic nitrogens is 2. The van der Waals surface area contributed by atoms with Crippen LogP contribution in [-0.4, -0.2) is 23.0 Å². The van der Waals surface area contributed by atoms with Gasteiger partial charge in [0.1, 0.15) is 23.6 Å². The Hall–Kier alpha value is -3.93. The second-order valence-corrected chi connectivity index (χ2v) is 7.26. The molecule has 0 fully saturated rings. The van der Waals surface area contributed by atoms with Crippen molar-refractivity contribution < 1.29 is 14.3 Å². The van der Waals surface area contributed by atoms with E-state index in [1.807, 2.05) is 56.3 Å². The van der Waals surface area contributed by atoms with E-state index in [0.29, 0.717) is 29.1 Å². The minimum absolute atomic E-state index is 0.194. The van der Waals surface area contributed by atoms with E-state index in [0.717, 1.165) is 27.8 Å². The van der Waals surface area contributed by atoms with Gasteiger partial charge in [-0.1, -0.05) is 6.07 Å². The maximum atomic E-state index is 13.0. The van der Waals surface area contributed by atoms with Crippen LogP contribution in [0, 0.1) is 13.8 Å². The summed E-state index contributed by atoms with van der Waals surface area (Å²) in [5.74, 6) is 1.25. The lowest BCUT2D eigenvalue weighted by Gasteiger charge is -2.15. The van der Waals surface area contributed by atoms with Gasteiger partial charge >= 0.3 is 0 Å². The van der Waals surface area contributed by atoms with Gasteiger partial charge in [0, 0.05) is 35.1 Å². The maximum absolute atomic E-state index is 13.0. The van der Waals surface area contributed by atoms with Crippen molar-refractivity contribution in [2.24, 2.45) is 0 Å². The Morgan fingerprint density at radius 3 is 2.52 bits per heavy atom. The smallest absolute Gasteiger partial charge is 0.255 e.